The van der Waals surface area contributed by atoms with E-state index in [2.05, 4.69) is 0 Å². The number of amides is 1. The molecule has 0 aliphatic carbocycles. The summed E-state index contributed by atoms with van der Waals surface area (Å²) >= 11 is 0. The first kappa shape index (κ1) is 20.4. The van der Waals surface area contributed by atoms with Crippen LogP contribution in [0, 0.1) is 10.1 Å². The number of carbonyl (C=O) groups is 1. The SMILES string of the molecule is CCCN(CC(F)F)C(=O)c1cc(OC)c(OC)c(OC)c1[N+](=O)[O-]. The molecule has 0 aromatic heterocycles. The number of alkyl halides is 2. The zero-order chi connectivity index (χ0) is 19.1. The number of rotatable bonds is 9. The molecule has 25 heavy (non-hydrogen) atoms. The van der Waals surface area contributed by atoms with E-state index < -0.39 is 35.1 Å². The molecule has 0 unspecified atom stereocenters. The van der Waals surface area contributed by atoms with Gasteiger partial charge in [0.25, 0.3) is 12.3 Å². The number of nitro benzene ring substituents is 1. The Morgan fingerprint density at radius 2 is 1.84 bits per heavy atom. The lowest BCUT2D eigenvalue weighted by Crippen LogP contribution is -2.36. The molecule has 1 amide bonds. The lowest BCUT2D eigenvalue weighted by atomic mass is 10.1. The highest BCUT2D eigenvalue weighted by Crippen LogP contribution is 2.46. The van der Waals surface area contributed by atoms with E-state index in [1.54, 1.807) is 6.92 Å². The maximum Gasteiger partial charge on any atom is 0.327 e. The predicted octanol–water partition coefficient (Wildman–Crippen LogP) is 2.74. The van der Waals surface area contributed by atoms with Gasteiger partial charge in [-0.25, -0.2) is 8.78 Å². The van der Waals surface area contributed by atoms with Crippen LogP contribution in [0.15, 0.2) is 6.07 Å². The first-order chi connectivity index (χ1) is 11.8. The topological polar surface area (TPSA) is 91.1 Å². The summed E-state index contributed by atoms with van der Waals surface area (Å²) in [5.74, 6) is -1.28. The second-order valence-electron chi connectivity index (χ2n) is 4.94. The van der Waals surface area contributed by atoms with Crippen molar-refractivity contribution >= 4 is 11.6 Å². The molecule has 10 heteroatoms. The summed E-state index contributed by atoms with van der Waals surface area (Å²) in [6, 6.07) is 1.09. The van der Waals surface area contributed by atoms with Crippen molar-refractivity contribution in [3.05, 3.63) is 21.7 Å². The monoisotopic (exact) mass is 362 g/mol. The minimum atomic E-state index is -2.77. The normalized spacial score (nSPS) is 10.5. The fourth-order valence-corrected chi connectivity index (χ4v) is 2.37. The van der Waals surface area contributed by atoms with Crippen LogP contribution in [0.5, 0.6) is 17.2 Å². The summed E-state index contributed by atoms with van der Waals surface area (Å²) in [5, 5.41) is 11.5. The van der Waals surface area contributed by atoms with Crippen molar-refractivity contribution < 1.29 is 32.7 Å². The van der Waals surface area contributed by atoms with Crippen molar-refractivity contribution in [3.8, 4) is 17.2 Å². The van der Waals surface area contributed by atoms with E-state index in [0.717, 1.165) is 11.0 Å². The van der Waals surface area contributed by atoms with E-state index in [1.165, 1.54) is 21.3 Å². The molecule has 0 radical (unpaired) electrons. The number of methoxy groups -OCH3 is 3. The number of benzene rings is 1. The first-order valence-corrected chi connectivity index (χ1v) is 7.37. The molecule has 1 aromatic carbocycles. The van der Waals surface area contributed by atoms with Gasteiger partial charge in [0, 0.05) is 12.6 Å². The van der Waals surface area contributed by atoms with Crippen LogP contribution in [0.4, 0.5) is 14.5 Å². The lowest BCUT2D eigenvalue weighted by molar-refractivity contribution is -0.386. The highest BCUT2D eigenvalue weighted by molar-refractivity contribution is 6.00. The molecule has 1 aromatic rings. The van der Waals surface area contributed by atoms with Crippen LogP contribution in [0.1, 0.15) is 23.7 Å². The summed E-state index contributed by atoms with van der Waals surface area (Å²) < 4.78 is 40.7. The average Bonchev–Trinajstić information content (AvgIpc) is 2.57. The van der Waals surface area contributed by atoms with Gasteiger partial charge in [0.1, 0.15) is 5.56 Å². The van der Waals surface area contributed by atoms with Crippen LogP contribution in [-0.2, 0) is 0 Å². The molecule has 0 aliphatic heterocycles. The summed E-state index contributed by atoms with van der Waals surface area (Å²) in [5.41, 5.74) is -1.07. The van der Waals surface area contributed by atoms with Crippen LogP contribution in [-0.4, -0.2) is 56.6 Å². The van der Waals surface area contributed by atoms with Gasteiger partial charge in [-0.15, -0.1) is 0 Å². The molecule has 0 spiro atoms. The van der Waals surface area contributed by atoms with Crippen LogP contribution >= 0.6 is 0 Å². The molecule has 0 heterocycles. The van der Waals surface area contributed by atoms with Gasteiger partial charge in [0.2, 0.25) is 11.5 Å². The van der Waals surface area contributed by atoms with Gasteiger partial charge in [-0.2, -0.15) is 0 Å². The van der Waals surface area contributed by atoms with Crippen LogP contribution < -0.4 is 14.2 Å². The van der Waals surface area contributed by atoms with Gasteiger partial charge >= 0.3 is 5.69 Å². The Kier molecular flexibility index (Phi) is 7.34. The fourth-order valence-electron chi connectivity index (χ4n) is 2.37. The van der Waals surface area contributed by atoms with Crippen molar-refractivity contribution in [3.63, 3.8) is 0 Å². The number of halogens is 2. The number of nitrogens with zero attached hydrogens (tertiary/aromatic N) is 2. The summed E-state index contributed by atoms with van der Waals surface area (Å²) in [7, 11) is 3.70. The molecule has 8 nitrogen and oxygen atoms in total. The summed E-state index contributed by atoms with van der Waals surface area (Å²) in [4.78, 5) is 24.2. The maximum absolute atomic E-state index is 12.8. The number of carbonyl (C=O) groups excluding carboxylic acids is 1. The van der Waals surface area contributed by atoms with Gasteiger partial charge in [-0.3, -0.25) is 14.9 Å². The largest absolute Gasteiger partial charge is 0.493 e. The highest BCUT2D eigenvalue weighted by atomic mass is 19.3. The molecule has 0 N–H and O–H groups in total. The Hall–Kier alpha value is -2.65. The zero-order valence-corrected chi connectivity index (χ0v) is 14.4. The molecule has 0 bridgehead atoms. The summed E-state index contributed by atoms with van der Waals surface area (Å²) in [6.07, 6.45) is -2.35. The van der Waals surface area contributed by atoms with Crippen molar-refractivity contribution in [2.45, 2.75) is 19.8 Å². The second kappa shape index (κ2) is 9.00. The van der Waals surface area contributed by atoms with E-state index in [-0.39, 0.29) is 23.8 Å². The quantitative estimate of drug-likeness (QED) is 0.495. The molecule has 0 aliphatic rings. The maximum atomic E-state index is 12.8. The minimum absolute atomic E-state index is 0.0156. The number of hydrogen-bond acceptors (Lipinski definition) is 6. The van der Waals surface area contributed by atoms with E-state index in [9.17, 15) is 23.7 Å². The Balaban J connectivity index is 3.60. The number of hydrogen-bond donors (Lipinski definition) is 0. The van der Waals surface area contributed by atoms with Gasteiger partial charge < -0.3 is 19.1 Å². The fraction of sp³-hybridized carbons (Fsp3) is 0.533. The average molecular weight is 362 g/mol. The Bertz CT molecular complexity index is 639. The van der Waals surface area contributed by atoms with Gasteiger partial charge in [0.05, 0.1) is 32.8 Å². The predicted molar refractivity (Wildman–Crippen MR) is 85.0 cm³/mol. The van der Waals surface area contributed by atoms with E-state index in [4.69, 9.17) is 14.2 Å². The minimum Gasteiger partial charge on any atom is -0.493 e. The van der Waals surface area contributed by atoms with Crippen molar-refractivity contribution in [2.24, 2.45) is 0 Å². The number of ether oxygens (including phenoxy) is 3. The van der Waals surface area contributed by atoms with Gasteiger partial charge in [-0.1, -0.05) is 6.92 Å². The first-order valence-electron chi connectivity index (χ1n) is 7.37. The Morgan fingerprint density at radius 1 is 1.24 bits per heavy atom. The molecule has 0 saturated heterocycles. The molecular weight excluding hydrogens is 342 g/mol. The van der Waals surface area contributed by atoms with Crippen molar-refractivity contribution in [2.75, 3.05) is 34.4 Å². The van der Waals surface area contributed by atoms with Crippen molar-refractivity contribution in [1.29, 1.82) is 0 Å². The van der Waals surface area contributed by atoms with E-state index in [0.29, 0.717) is 6.42 Å². The van der Waals surface area contributed by atoms with Gasteiger partial charge in [-0.05, 0) is 6.42 Å². The summed E-state index contributed by atoms with van der Waals surface area (Å²) in [6.45, 7) is 0.896. The molecular formula is C15H20F2N2O6. The van der Waals surface area contributed by atoms with Crippen molar-refractivity contribution in [1.82, 2.24) is 4.90 Å². The molecule has 140 valence electrons. The standard InChI is InChI=1S/C15H20F2N2O6/c1-5-6-18(8-11(16)17)15(20)9-7-10(23-2)13(24-3)14(25-4)12(9)19(21)22/h7,11H,5-6,8H2,1-4H3. The van der Waals surface area contributed by atoms with Crippen LogP contribution in [0.3, 0.4) is 0 Å². The molecule has 0 fully saturated rings. The second-order valence-corrected chi connectivity index (χ2v) is 4.94. The third-order valence-electron chi connectivity index (χ3n) is 3.36. The van der Waals surface area contributed by atoms with E-state index >= 15 is 0 Å². The van der Waals surface area contributed by atoms with E-state index in [1.807, 2.05) is 0 Å². The van der Waals surface area contributed by atoms with Crippen LogP contribution in [0.2, 0.25) is 0 Å². The third kappa shape index (κ3) is 4.46. The number of nitro groups is 1. The molecule has 1 rings (SSSR count). The zero-order valence-electron chi connectivity index (χ0n) is 14.4. The highest BCUT2D eigenvalue weighted by Gasteiger charge is 2.34. The van der Waals surface area contributed by atoms with Crippen LogP contribution in [0.25, 0.3) is 0 Å². The lowest BCUT2D eigenvalue weighted by Gasteiger charge is -2.22. The smallest absolute Gasteiger partial charge is 0.327 e. The Labute approximate surface area is 143 Å². The van der Waals surface area contributed by atoms with Gasteiger partial charge in [0.15, 0.2) is 5.75 Å². The molecule has 0 saturated carbocycles. The molecule has 0 atom stereocenters. The third-order valence-corrected chi connectivity index (χ3v) is 3.36. The Morgan fingerprint density at radius 3 is 2.24 bits per heavy atom.